The van der Waals surface area contributed by atoms with Crippen molar-refractivity contribution in [2.45, 2.75) is 12.0 Å². The Kier molecular flexibility index (Phi) is 4.58. The van der Waals surface area contributed by atoms with E-state index in [-0.39, 0.29) is 6.54 Å². The second kappa shape index (κ2) is 7.09. The number of amides is 2. The average molecular weight is 393 g/mol. The van der Waals surface area contributed by atoms with Gasteiger partial charge in [0, 0.05) is 23.7 Å². The van der Waals surface area contributed by atoms with Crippen molar-refractivity contribution in [3.63, 3.8) is 0 Å². The van der Waals surface area contributed by atoms with Gasteiger partial charge in [0.15, 0.2) is 11.5 Å². The molecule has 148 valence electrons. The van der Waals surface area contributed by atoms with E-state index in [1.165, 1.54) is 12.2 Å². The van der Waals surface area contributed by atoms with Crippen LogP contribution in [0.4, 0.5) is 0 Å². The Morgan fingerprint density at radius 2 is 1.76 bits per heavy atom. The number of fused-ring (bicyclic) bond motifs is 2. The van der Waals surface area contributed by atoms with Gasteiger partial charge in [0.1, 0.15) is 0 Å². The van der Waals surface area contributed by atoms with Gasteiger partial charge in [-0.3, -0.25) is 14.5 Å². The van der Waals surface area contributed by atoms with Gasteiger partial charge in [-0.05, 0) is 36.3 Å². The van der Waals surface area contributed by atoms with Crippen LogP contribution in [0.1, 0.15) is 21.5 Å². The molecule has 1 atom stereocenters. The lowest BCUT2D eigenvalue weighted by molar-refractivity contribution is -0.162. The highest BCUT2D eigenvalue weighted by Gasteiger charge is 2.54. The molecule has 0 bridgehead atoms. The first kappa shape index (κ1) is 18.7. The standard InChI is InChI=1S/C22H19NO6/c1-27-17-8-7-14(13-18(17)28-2)10-12-23-20(25)15-5-3-4-6-16(15)22(21(23)26)11-9-19(24)29-22/h3-9,11,13H,10,12H2,1-2H3. The monoisotopic (exact) mass is 393 g/mol. The fourth-order valence-corrected chi connectivity index (χ4v) is 3.70. The number of ether oxygens (including phenoxy) is 3. The van der Waals surface area contributed by atoms with Crippen molar-refractivity contribution >= 4 is 17.8 Å². The van der Waals surface area contributed by atoms with Gasteiger partial charge in [-0.1, -0.05) is 24.3 Å². The number of hydrogen-bond donors (Lipinski definition) is 0. The Bertz CT molecular complexity index is 1040. The third-order valence-corrected chi connectivity index (χ3v) is 5.15. The maximum atomic E-state index is 13.2. The highest BCUT2D eigenvalue weighted by Crippen LogP contribution is 2.40. The predicted molar refractivity (Wildman–Crippen MR) is 103 cm³/mol. The first-order valence-corrected chi connectivity index (χ1v) is 9.09. The van der Waals surface area contributed by atoms with Crippen molar-refractivity contribution in [3.8, 4) is 11.5 Å². The summed E-state index contributed by atoms with van der Waals surface area (Å²) in [5, 5.41) is 0. The number of rotatable bonds is 5. The Labute approximate surface area is 167 Å². The number of nitrogens with zero attached hydrogens (tertiary/aromatic N) is 1. The first-order valence-electron chi connectivity index (χ1n) is 9.09. The SMILES string of the molecule is COc1ccc(CCN2C(=O)c3ccccc3C3(C=CC(=O)O3)C2=O)cc1OC. The number of imide groups is 1. The minimum atomic E-state index is -1.58. The van der Waals surface area contributed by atoms with Gasteiger partial charge in [-0.15, -0.1) is 0 Å². The lowest BCUT2D eigenvalue weighted by atomic mass is 9.84. The predicted octanol–water partition coefficient (Wildman–Crippen LogP) is 2.24. The number of carbonyl (C=O) groups is 3. The second-order valence-corrected chi connectivity index (χ2v) is 6.74. The third kappa shape index (κ3) is 2.95. The van der Waals surface area contributed by atoms with Gasteiger partial charge in [-0.25, -0.2) is 4.79 Å². The summed E-state index contributed by atoms with van der Waals surface area (Å²) in [5.74, 6) is -0.424. The molecular weight excluding hydrogens is 374 g/mol. The quantitative estimate of drug-likeness (QED) is 0.572. The van der Waals surface area contributed by atoms with E-state index in [1.807, 2.05) is 6.07 Å². The Morgan fingerprint density at radius 1 is 1.00 bits per heavy atom. The van der Waals surface area contributed by atoms with E-state index in [1.54, 1.807) is 50.6 Å². The van der Waals surface area contributed by atoms with Crippen LogP contribution in [0.15, 0.2) is 54.6 Å². The van der Waals surface area contributed by atoms with Crippen LogP contribution in [-0.4, -0.2) is 43.4 Å². The van der Waals surface area contributed by atoms with Gasteiger partial charge >= 0.3 is 5.97 Å². The summed E-state index contributed by atoms with van der Waals surface area (Å²) < 4.78 is 15.9. The molecular formula is C22H19NO6. The molecule has 7 nitrogen and oxygen atoms in total. The van der Waals surface area contributed by atoms with Crippen LogP contribution in [0.3, 0.4) is 0 Å². The molecule has 0 N–H and O–H groups in total. The molecule has 2 amide bonds. The lowest BCUT2D eigenvalue weighted by Gasteiger charge is -2.37. The van der Waals surface area contributed by atoms with E-state index < -0.39 is 23.4 Å². The molecule has 29 heavy (non-hydrogen) atoms. The highest BCUT2D eigenvalue weighted by atomic mass is 16.6. The topological polar surface area (TPSA) is 82.1 Å². The molecule has 2 aromatic carbocycles. The number of methoxy groups -OCH3 is 2. The molecule has 7 heteroatoms. The Balaban J connectivity index is 1.65. The largest absolute Gasteiger partial charge is 0.493 e. The van der Waals surface area contributed by atoms with Crippen molar-refractivity contribution < 1.29 is 28.6 Å². The molecule has 0 aliphatic carbocycles. The van der Waals surface area contributed by atoms with Gasteiger partial charge in [0.25, 0.3) is 11.8 Å². The van der Waals surface area contributed by atoms with E-state index in [9.17, 15) is 14.4 Å². The van der Waals surface area contributed by atoms with Crippen molar-refractivity contribution in [2.24, 2.45) is 0 Å². The number of benzene rings is 2. The smallest absolute Gasteiger partial charge is 0.332 e. The second-order valence-electron chi connectivity index (χ2n) is 6.74. The Hall–Kier alpha value is -3.61. The summed E-state index contributed by atoms with van der Waals surface area (Å²) in [6, 6.07) is 12.1. The molecule has 2 aliphatic heterocycles. The van der Waals surface area contributed by atoms with Crippen LogP contribution >= 0.6 is 0 Å². The van der Waals surface area contributed by atoms with E-state index in [2.05, 4.69) is 0 Å². The zero-order valence-electron chi connectivity index (χ0n) is 16.0. The molecule has 0 fully saturated rings. The zero-order valence-corrected chi connectivity index (χ0v) is 16.0. The first-order chi connectivity index (χ1) is 14.0. The van der Waals surface area contributed by atoms with E-state index in [0.717, 1.165) is 10.5 Å². The fourth-order valence-electron chi connectivity index (χ4n) is 3.70. The molecule has 0 aromatic heterocycles. The molecule has 2 heterocycles. The van der Waals surface area contributed by atoms with E-state index in [4.69, 9.17) is 14.2 Å². The molecule has 1 spiro atoms. The van der Waals surface area contributed by atoms with Crippen LogP contribution in [0.2, 0.25) is 0 Å². The molecule has 2 aliphatic rings. The molecule has 4 rings (SSSR count). The summed E-state index contributed by atoms with van der Waals surface area (Å²) >= 11 is 0. The number of carbonyl (C=O) groups excluding carboxylic acids is 3. The number of esters is 1. The summed E-state index contributed by atoms with van der Waals surface area (Å²) in [7, 11) is 3.09. The minimum Gasteiger partial charge on any atom is -0.493 e. The van der Waals surface area contributed by atoms with Gasteiger partial charge in [0.05, 0.1) is 14.2 Å². The summed E-state index contributed by atoms with van der Waals surface area (Å²) in [5.41, 5.74) is 0.0208. The molecule has 0 saturated heterocycles. The maximum absolute atomic E-state index is 13.2. The van der Waals surface area contributed by atoms with Crippen molar-refractivity contribution in [3.05, 3.63) is 71.3 Å². The Morgan fingerprint density at radius 3 is 2.45 bits per heavy atom. The van der Waals surface area contributed by atoms with Gasteiger partial charge in [0.2, 0.25) is 5.60 Å². The molecule has 2 aromatic rings. The van der Waals surface area contributed by atoms with Crippen molar-refractivity contribution in [2.75, 3.05) is 20.8 Å². The normalized spacial score (nSPS) is 20.1. The van der Waals surface area contributed by atoms with E-state index in [0.29, 0.717) is 29.0 Å². The van der Waals surface area contributed by atoms with E-state index >= 15 is 0 Å². The summed E-state index contributed by atoms with van der Waals surface area (Å²) in [6.07, 6.45) is 3.05. The van der Waals surface area contributed by atoms with Crippen LogP contribution in [0.25, 0.3) is 0 Å². The summed E-state index contributed by atoms with van der Waals surface area (Å²) in [4.78, 5) is 39.2. The van der Waals surface area contributed by atoms with Gasteiger partial charge < -0.3 is 14.2 Å². The van der Waals surface area contributed by atoms with Crippen LogP contribution in [-0.2, 0) is 26.3 Å². The molecule has 1 unspecified atom stereocenters. The van der Waals surface area contributed by atoms with Crippen LogP contribution in [0.5, 0.6) is 11.5 Å². The fraction of sp³-hybridized carbons (Fsp3) is 0.227. The molecule has 0 radical (unpaired) electrons. The lowest BCUT2D eigenvalue weighted by Crippen LogP contribution is -2.54. The van der Waals surface area contributed by atoms with Crippen LogP contribution < -0.4 is 9.47 Å². The highest BCUT2D eigenvalue weighted by molar-refractivity contribution is 6.15. The van der Waals surface area contributed by atoms with Crippen molar-refractivity contribution in [1.82, 2.24) is 4.90 Å². The summed E-state index contributed by atoms with van der Waals surface area (Å²) in [6.45, 7) is 0.134. The maximum Gasteiger partial charge on any atom is 0.332 e. The van der Waals surface area contributed by atoms with Crippen molar-refractivity contribution in [1.29, 1.82) is 0 Å². The van der Waals surface area contributed by atoms with Crippen LogP contribution in [0, 0.1) is 0 Å². The molecule has 0 saturated carbocycles. The average Bonchev–Trinajstić information content (AvgIpc) is 3.15. The minimum absolute atomic E-state index is 0.134. The van der Waals surface area contributed by atoms with Gasteiger partial charge in [-0.2, -0.15) is 0 Å². The number of hydrogen-bond acceptors (Lipinski definition) is 6. The zero-order chi connectivity index (χ0) is 20.6. The third-order valence-electron chi connectivity index (χ3n) is 5.15.